The molecule has 1 saturated heterocycles. The first-order valence-electron chi connectivity index (χ1n) is 8.18. The zero-order valence-corrected chi connectivity index (χ0v) is 13.9. The van der Waals surface area contributed by atoms with Gasteiger partial charge in [0, 0.05) is 18.2 Å². The number of piperidine rings is 1. The molecule has 0 bridgehead atoms. The van der Waals surface area contributed by atoms with Gasteiger partial charge in [-0.05, 0) is 50.9 Å². The Morgan fingerprint density at radius 1 is 1.24 bits per heavy atom. The Morgan fingerprint density at radius 3 is 2.48 bits per heavy atom. The molecule has 0 radical (unpaired) electrons. The Kier molecular flexibility index (Phi) is 6.07. The fraction of sp³-hybridized carbons (Fsp3) is 0.667. The standard InChI is InChI=1S/C18H30N2O/c1-14(2)15-9-11-20(12-10-15)13-17(19-3)16-7-5-6-8-18(16)21-4/h5-8,14-15,17,19H,9-13H2,1-4H3. The third-order valence-electron chi connectivity index (χ3n) is 4.88. The van der Waals surface area contributed by atoms with E-state index in [0.29, 0.717) is 6.04 Å². The molecule has 1 aliphatic rings. The molecule has 0 amide bonds. The zero-order chi connectivity index (χ0) is 15.2. The smallest absolute Gasteiger partial charge is 0.123 e. The Labute approximate surface area is 129 Å². The van der Waals surface area contributed by atoms with Gasteiger partial charge < -0.3 is 15.0 Å². The predicted molar refractivity (Wildman–Crippen MR) is 88.8 cm³/mol. The quantitative estimate of drug-likeness (QED) is 0.870. The molecular formula is C18H30N2O. The molecule has 3 nitrogen and oxygen atoms in total. The minimum Gasteiger partial charge on any atom is -0.496 e. The van der Waals surface area contributed by atoms with Crippen LogP contribution >= 0.6 is 0 Å². The van der Waals surface area contributed by atoms with Gasteiger partial charge in [-0.3, -0.25) is 0 Å². The molecule has 1 aromatic rings. The second kappa shape index (κ2) is 7.81. The topological polar surface area (TPSA) is 24.5 Å². The van der Waals surface area contributed by atoms with Crippen molar-refractivity contribution in [1.82, 2.24) is 10.2 Å². The number of rotatable bonds is 6. The van der Waals surface area contributed by atoms with Crippen LogP contribution in [0, 0.1) is 11.8 Å². The van der Waals surface area contributed by atoms with Gasteiger partial charge in [-0.2, -0.15) is 0 Å². The van der Waals surface area contributed by atoms with Crippen LogP contribution in [0.15, 0.2) is 24.3 Å². The molecule has 0 saturated carbocycles. The summed E-state index contributed by atoms with van der Waals surface area (Å²) in [6.45, 7) is 8.20. The average Bonchev–Trinajstić information content (AvgIpc) is 2.53. The van der Waals surface area contributed by atoms with Gasteiger partial charge in [-0.1, -0.05) is 32.0 Å². The molecule has 21 heavy (non-hydrogen) atoms. The first kappa shape index (κ1) is 16.3. The van der Waals surface area contributed by atoms with Crippen LogP contribution in [-0.2, 0) is 0 Å². The van der Waals surface area contributed by atoms with E-state index in [1.165, 1.54) is 31.5 Å². The van der Waals surface area contributed by atoms with Gasteiger partial charge >= 0.3 is 0 Å². The Balaban J connectivity index is 1.97. The fourth-order valence-electron chi connectivity index (χ4n) is 3.36. The molecule has 3 heteroatoms. The number of likely N-dealkylation sites (tertiary alicyclic amines) is 1. The van der Waals surface area contributed by atoms with Crippen molar-refractivity contribution in [2.45, 2.75) is 32.7 Å². The van der Waals surface area contributed by atoms with E-state index in [1.807, 2.05) is 19.2 Å². The summed E-state index contributed by atoms with van der Waals surface area (Å²) in [6.07, 6.45) is 2.67. The van der Waals surface area contributed by atoms with Gasteiger partial charge in [-0.25, -0.2) is 0 Å². The maximum Gasteiger partial charge on any atom is 0.123 e. The third-order valence-corrected chi connectivity index (χ3v) is 4.88. The van der Waals surface area contributed by atoms with E-state index >= 15 is 0 Å². The van der Waals surface area contributed by atoms with Crippen LogP contribution in [0.3, 0.4) is 0 Å². The van der Waals surface area contributed by atoms with Crippen LogP contribution in [0.1, 0.15) is 38.3 Å². The van der Waals surface area contributed by atoms with Crippen molar-refractivity contribution in [3.05, 3.63) is 29.8 Å². The summed E-state index contributed by atoms with van der Waals surface area (Å²) in [6, 6.07) is 8.67. The number of hydrogen-bond donors (Lipinski definition) is 1. The minimum atomic E-state index is 0.330. The molecule has 118 valence electrons. The summed E-state index contributed by atoms with van der Waals surface area (Å²) in [5, 5.41) is 3.45. The molecule has 2 rings (SSSR count). The van der Waals surface area contributed by atoms with E-state index in [4.69, 9.17) is 4.74 Å². The molecule has 1 aliphatic heterocycles. The first-order chi connectivity index (χ1) is 10.2. The molecule has 0 spiro atoms. The lowest BCUT2D eigenvalue weighted by Gasteiger charge is -2.36. The molecule has 1 N–H and O–H groups in total. The van der Waals surface area contributed by atoms with E-state index in [1.54, 1.807) is 7.11 Å². The molecule has 1 unspecified atom stereocenters. The monoisotopic (exact) mass is 290 g/mol. The highest BCUT2D eigenvalue weighted by Crippen LogP contribution is 2.28. The molecule has 1 heterocycles. The number of para-hydroxylation sites is 1. The van der Waals surface area contributed by atoms with Crippen LogP contribution in [0.4, 0.5) is 0 Å². The van der Waals surface area contributed by atoms with Crippen molar-refractivity contribution in [1.29, 1.82) is 0 Å². The van der Waals surface area contributed by atoms with Gasteiger partial charge in [0.25, 0.3) is 0 Å². The molecule has 0 aromatic heterocycles. The van der Waals surface area contributed by atoms with Crippen LogP contribution in [0.5, 0.6) is 5.75 Å². The van der Waals surface area contributed by atoms with Crippen molar-refractivity contribution in [2.24, 2.45) is 11.8 Å². The fourth-order valence-corrected chi connectivity index (χ4v) is 3.36. The first-order valence-corrected chi connectivity index (χ1v) is 8.18. The number of hydrogen-bond acceptors (Lipinski definition) is 3. The predicted octanol–water partition coefficient (Wildman–Crippen LogP) is 3.32. The summed E-state index contributed by atoms with van der Waals surface area (Å²) in [5.41, 5.74) is 1.26. The highest BCUT2D eigenvalue weighted by atomic mass is 16.5. The van der Waals surface area contributed by atoms with Crippen molar-refractivity contribution >= 4 is 0 Å². The van der Waals surface area contributed by atoms with Crippen molar-refractivity contribution in [3.8, 4) is 5.75 Å². The summed E-state index contributed by atoms with van der Waals surface area (Å²) in [7, 11) is 3.79. The van der Waals surface area contributed by atoms with E-state index < -0.39 is 0 Å². The highest BCUT2D eigenvalue weighted by molar-refractivity contribution is 5.36. The number of ether oxygens (including phenoxy) is 1. The van der Waals surface area contributed by atoms with Crippen molar-refractivity contribution in [2.75, 3.05) is 33.8 Å². The largest absolute Gasteiger partial charge is 0.496 e. The molecule has 1 fully saturated rings. The summed E-state index contributed by atoms with van der Waals surface area (Å²) >= 11 is 0. The van der Waals surface area contributed by atoms with E-state index in [2.05, 4.69) is 36.2 Å². The lowest BCUT2D eigenvalue weighted by atomic mass is 9.86. The summed E-state index contributed by atoms with van der Waals surface area (Å²) in [5.74, 6) is 2.70. The summed E-state index contributed by atoms with van der Waals surface area (Å²) in [4.78, 5) is 2.59. The number of likely N-dealkylation sites (N-methyl/N-ethyl adjacent to an activating group) is 1. The Bertz CT molecular complexity index is 425. The van der Waals surface area contributed by atoms with Gasteiger partial charge in [0.1, 0.15) is 5.75 Å². The number of nitrogens with zero attached hydrogens (tertiary/aromatic N) is 1. The highest BCUT2D eigenvalue weighted by Gasteiger charge is 2.24. The molecular weight excluding hydrogens is 260 g/mol. The maximum atomic E-state index is 5.51. The van der Waals surface area contributed by atoms with Crippen LogP contribution in [-0.4, -0.2) is 38.7 Å². The van der Waals surface area contributed by atoms with Crippen LogP contribution in [0.25, 0.3) is 0 Å². The van der Waals surface area contributed by atoms with E-state index in [9.17, 15) is 0 Å². The van der Waals surface area contributed by atoms with Crippen molar-refractivity contribution < 1.29 is 4.74 Å². The van der Waals surface area contributed by atoms with E-state index in [0.717, 1.165) is 24.1 Å². The number of benzene rings is 1. The zero-order valence-electron chi connectivity index (χ0n) is 13.9. The number of nitrogens with one attached hydrogen (secondary N) is 1. The van der Waals surface area contributed by atoms with Gasteiger partial charge in [0.2, 0.25) is 0 Å². The maximum absolute atomic E-state index is 5.51. The number of methoxy groups -OCH3 is 1. The second-order valence-corrected chi connectivity index (χ2v) is 6.47. The SMILES string of the molecule is CNC(CN1CCC(C(C)C)CC1)c1ccccc1OC. The Hall–Kier alpha value is -1.06. The van der Waals surface area contributed by atoms with Gasteiger partial charge in [0.05, 0.1) is 7.11 Å². The second-order valence-electron chi connectivity index (χ2n) is 6.47. The minimum absolute atomic E-state index is 0.330. The molecule has 0 aliphatic carbocycles. The third kappa shape index (κ3) is 4.21. The van der Waals surface area contributed by atoms with Crippen LogP contribution < -0.4 is 10.1 Å². The normalized spacial score (nSPS) is 18.9. The molecule has 1 atom stereocenters. The average molecular weight is 290 g/mol. The summed E-state index contributed by atoms with van der Waals surface area (Å²) < 4.78 is 5.51. The Morgan fingerprint density at radius 2 is 1.90 bits per heavy atom. The lowest BCUT2D eigenvalue weighted by molar-refractivity contribution is 0.146. The lowest BCUT2D eigenvalue weighted by Crippen LogP contribution is -2.40. The molecule has 1 aromatic carbocycles. The van der Waals surface area contributed by atoms with E-state index in [-0.39, 0.29) is 0 Å². The van der Waals surface area contributed by atoms with Crippen molar-refractivity contribution in [3.63, 3.8) is 0 Å². The van der Waals surface area contributed by atoms with Gasteiger partial charge in [0.15, 0.2) is 0 Å². The van der Waals surface area contributed by atoms with Gasteiger partial charge in [-0.15, -0.1) is 0 Å². The van der Waals surface area contributed by atoms with Crippen LogP contribution in [0.2, 0.25) is 0 Å².